The van der Waals surface area contributed by atoms with Crippen LogP contribution in [-0.4, -0.2) is 12.1 Å². The highest BCUT2D eigenvalue weighted by atomic mass is 16.5. The summed E-state index contributed by atoms with van der Waals surface area (Å²) in [4.78, 5) is 0. The van der Waals surface area contributed by atoms with Crippen molar-refractivity contribution in [1.29, 1.82) is 0 Å². The van der Waals surface area contributed by atoms with Gasteiger partial charge in [0.05, 0.1) is 0 Å². The van der Waals surface area contributed by atoms with Crippen molar-refractivity contribution in [2.24, 2.45) is 0 Å². The van der Waals surface area contributed by atoms with Crippen molar-refractivity contribution in [2.45, 2.75) is 52.2 Å². The molecule has 2 rings (SSSR count). The molecule has 0 radical (unpaired) electrons. The molecule has 0 fully saturated rings. The highest BCUT2D eigenvalue weighted by Gasteiger charge is 2.25. The topological polar surface area (TPSA) is 21.3 Å². The standard InChI is InChI=1S/C15H23NO/c1-14(2,3)12-6-7-13-11(8-12)9-16-10-15(4,5)17-13/h6-8,16H,9-10H2,1-5H3. The van der Waals surface area contributed by atoms with Crippen molar-refractivity contribution in [1.82, 2.24) is 5.32 Å². The maximum Gasteiger partial charge on any atom is 0.124 e. The summed E-state index contributed by atoms with van der Waals surface area (Å²) in [5.41, 5.74) is 2.69. The van der Waals surface area contributed by atoms with E-state index in [-0.39, 0.29) is 11.0 Å². The zero-order valence-corrected chi connectivity index (χ0v) is 11.6. The smallest absolute Gasteiger partial charge is 0.124 e. The first kappa shape index (κ1) is 12.4. The number of benzene rings is 1. The molecular weight excluding hydrogens is 210 g/mol. The summed E-state index contributed by atoms with van der Waals surface area (Å²) in [5, 5.41) is 3.45. The Labute approximate surface area is 104 Å². The Morgan fingerprint density at radius 3 is 2.59 bits per heavy atom. The summed E-state index contributed by atoms with van der Waals surface area (Å²) in [5.74, 6) is 1.02. The predicted molar refractivity (Wildman–Crippen MR) is 71.6 cm³/mol. The molecule has 0 atom stereocenters. The van der Waals surface area contributed by atoms with E-state index in [2.05, 4.69) is 58.1 Å². The molecule has 0 aliphatic carbocycles. The number of hydrogen-bond donors (Lipinski definition) is 1. The summed E-state index contributed by atoms with van der Waals surface area (Å²) in [6.45, 7) is 12.7. The molecule has 0 saturated heterocycles. The molecule has 0 amide bonds. The molecule has 1 aliphatic heterocycles. The van der Waals surface area contributed by atoms with Crippen molar-refractivity contribution >= 4 is 0 Å². The number of rotatable bonds is 0. The van der Waals surface area contributed by atoms with Crippen LogP contribution in [-0.2, 0) is 12.0 Å². The van der Waals surface area contributed by atoms with Crippen LogP contribution in [0.15, 0.2) is 18.2 Å². The summed E-state index contributed by atoms with van der Waals surface area (Å²) in [6.07, 6.45) is 0. The SMILES string of the molecule is CC1(C)CNCc2cc(C(C)(C)C)ccc2O1. The van der Waals surface area contributed by atoms with E-state index < -0.39 is 0 Å². The molecule has 94 valence electrons. The van der Waals surface area contributed by atoms with Crippen LogP contribution >= 0.6 is 0 Å². The van der Waals surface area contributed by atoms with E-state index in [0.717, 1.165) is 18.8 Å². The lowest BCUT2D eigenvalue weighted by Crippen LogP contribution is -2.37. The second-order valence-electron chi connectivity index (χ2n) is 6.54. The van der Waals surface area contributed by atoms with E-state index in [0.29, 0.717) is 0 Å². The van der Waals surface area contributed by atoms with Gasteiger partial charge < -0.3 is 10.1 Å². The predicted octanol–water partition coefficient (Wildman–Crippen LogP) is 3.24. The first-order chi connectivity index (χ1) is 7.78. The Kier molecular flexibility index (Phi) is 2.94. The molecule has 17 heavy (non-hydrogen) atoms. The van der Waals surface area contributed by atoms with Gasteiger partial charge in [-0.15, -0.1) is 0 Å². The summed E-state index contributed by atoms with van der Waals surface area (Å²) >= 11 is 0. The molecule has 1 aliphatic rings. The van der Waals surface area contributed by atoms with E-state index in [1.807, 2.05) is 0 Å². The largest absolute Gasteiger partial charge is 0.486 e. The molecule has 0 saturated carbocycles. The molecule has 1 aromatic carbocycles. The Balaban J connectivity index is 2.38. The second-order valence-corrected chi connectivity index (χ2v) is 6.54. The van der Waals surface area contributed by atoms with Gasteiger partial charge in [-0.3, -0.25) is 0 Å². The Hall–Kier alpha value is -1.02. The normalized spacial score (nSPS) is 19.1. The van der Waals surface area contributed by atoms with Crippen molar-refractivity contribution < 1.29 is 4.74 Å². The van der Waals surface area contributed by atoms with Gasteiger partial charge in [-0.1, -0.05) is 32.9 Å². The summed E-state index contributed by atoms with van der Waals surface area (Å²) in [6, 6.07) is 6.56. The Morgan fingerprint density at radius 2 is 1.94 bits per heavy atom. The zero-order chi connectivity index (χ0) is 12.7. The minimum absolute atomic E-state index is 0.130. The lowest BCUT2D eigenvalue weighted by molar-refractivity contribution is 0.115. The molecule has 2 heteroatoms. The Morgan fingerprint density at radius 1 is 1.24 bits per heavy atom. The van der Waals surface area contributed by atoms with Gasteiger partial charge in [0.1, 0.15) is 11.4 Å². The van der Waals surface area contributed by atoms with Crippen LogP contribution in [0.5, 0.6) is 5.75 Å². The summed E-state index contributed by atoms with van der Waals surface area (Å²) in [7, 11) is 0. The van der Waals surface area contributed by atoms with Crippen LogP contribution in [0.1, 0.15) is 45.7 Å². The third-order valence-corrected chi connectivity index (χ3v) is 3.18. The van der Waals surface area contributed by atoms with E-state index in [1.54, 1.807) is 0 Å². The maximum atomic E-state index is 6.05. The minimum Gasteiger partial charge on any atom is -0.486 e. The molecule has 1 aromatic rings. The van der Waals surface area contributed by atoms with Crippen molar-refractivity contribution in [3.8, 4) is 5.75 Å². The molecule has 0 unspecified atom stereocenters. The molecule has 0 aromatic heterocycles. The lowest BCUT2D eigenvalue weighted by Gasteiger charge is -2.25. The van der Waals surface area contributed by atoms with Crippen molar-refractivity contribution in [2.75, 3.05) is 6.54 Å². The maximum absolute atomic E-state index is 6.05. The van der Waals surface area contributed by atoms with Crippen molar-refractivity contribution in [3.63, 3.8) is 0 Å². The minimum atomic E-state index is -0.130. The highest BCUT2D eigenvalue weighted by molar-refractivity contribution is 5.40. The molecular formula is C15H23NO. The average Bonchev–Trinajstić information content (AvgIpc) is 2.32. The van der Waals surface area contributed by atoms with E-state index in [1.165, 1.54) is 11.1 Å². The summed E-state index contributed by atoms with van der Waals surface area (Å²) < 4.78 is 6.05. The van der Waals surface area contributed by atoms with Gasteiger partial charge in [0, 0.05) is 18.7 Å². The van der Waals surface area contributed by atoms with Gasteiger partial charge in [-0.2, -0.15) is 0 Å². The fraction of sp³-hybridized carbons (Fsp3) is 0.600. The average molecular weight is 233 g/mol. The van der Waals surface area contributed by atoms with Crippen LogP contribution in [0.3, 0.4) is 0 Å². The van der Waals surface area contributed by atoms with Gasteiger partial charge in [-0.25, -0.2) is 0 Å². The van der Waals surface area contributed by atoms with Crippen LogP contribution in [0.25, 0.3) is 0 Å². The highest BCUT2D eigenvalue weighted by Crippen LogP contribution is 2.31. The third kappa shape index (κ3) is 2.81. The number of fused-ring (bicyclic) bond motifs is 1. The number of nitrogens with one attached hydrogen (secondary N) is 1. The van der Waals surface area contributed by atoms with Crippen LogP contribution in [0.2, 0.25) is 0 Å². The fourth-order valence-electron chi connectivity index (χ4n) is 2.12. The van der Waals surface area contributed by atoms with Crippen LogP contribution in [0, 0.1) is 0 Å². The Bertz CT molecular complexity index is 415. The lowest BCUT2D eigenvalue weighted by atomic mass is 9.86. The van der Waals surface area contributed by atoms with Crippen LogP contribution in [0.4, 0.5) is 0 Å². The molecule has 2 nitrogen and oxygen atoms in total. The quantitative estimate of drug-likeness (QED) is 0.742. The molecule has 1 N–H and O–H groups in total. The fourth-order valence-corrected chi connectivity index (χ4v) is 2.12. The van der Waals surface area contributed by atoms with Gasteiger partial charge in [0.15, 0.2) is 0 Å². The van der Waals surface area contributed by atoms with E-state index in [4.69, 9.17) is 4.74 Å². The zero-order valence-electron chi connectivity index (χ0n) is 11.6. The monoisotopic (exact) mass is 233 g/mol. The number of ether oxygens (including phenoxy) is 1. The van der Waals surface area contributed by atoms with E-state index in [9.17, 15) is 0 Å². The van der Waals surface area contributed by atoms with Crippen molar-refractivity contribution in [3.05, 3.63) is 29.3 Å². The second kappa shape index (κ2) is 4.02. The van der Waals surface area contributed by atoms with Crippen LogP contribution < -0.4 is 10.1 Å². The van der Waals surface area contributed by atoms with E-state index >= 15 is 0 Å². The van der Waals surface area contributed by atoms with Gasteiger partial charge in [-0.05, 0) is 30.9 Å². The molecule has 0 bridgehead atoms. The number of hydrogen-bond acceptors (Lipinski definition) is 2. The first-order valence-corrected chi connectivity index (χ1v) is 6.31. The van der Waals surface area contributed by atoms with Gasteiger partial charge >= 0.3 is 0 Å². The molecule has 0 spiro atoms. The molecule has 1 heterocycles. The third-order valence-electron chi connectivity index (χ3n) is 3.18. The van der Waals surface area contributed by atoms with Gasteiger partial charge in [0.2, 0.25) is 0 Å². The van der Waals surface area contributed by atoms with Gasteiger partial charge in [0.25, 0.3) is 0 Å². The first-order valence-electron chi connectivity index (χ1n) is 6.31.